The van der Waals surface area contributed by atoms with Gasteiger partial charge in [-0.25, -0.2) is 0 Å². The Hall–Kier alpha value is -2.33. The minimum Gasteiger partial charge on any atom is -0.490 e. The van der Waals surface area contributed by atoms with Gasteiger partial charge in [0, 0.05) is 6.61 Å². The van der Waals surface area contributed by atoms with Gasteiger partial charge in [-0.3, -0.25) is 4.79 Å². The van der Waals surface area contributed by atoms with Gasteiger partial charge in [0.15, 0.2) is 0 Å². The molecule has 0 bridgehead atoms. The largest absolute Gasteiger partial charge is 0.490 e. The van der Waals surface area contributed by atoms with Gasteiger partial charge in [-0.2, -0.15) is 0 Å². The molecule has 2 aromatic rings. The first kappa shape index (κ1) is 16.2. The highest BCUT2D eigenvalue weighted by Crippen LogP contribution is 2.31. The van der Waals surface area contributed by atoms with Gasteiger partial charge in [0.25, 0.3) is 5.91 Å². The fourth-order valence-corrected chi connectivity index (χ4v) is 3.68. The van der Waals surface area contributed by atoms with Crippen molar-refractivity contribution in [3.8, 4) is 5.75 Å². The Morgan fingerprint density at radius 2 is 1.96 bits per heavy atom. The Morgan fingerprint density at radius 3 is 2.84 bits per heavy atom. The second-order valence-corrected chi connectivity index (χ2v) is 6.71. The van der Waals surface area contributed by atoms with E-state index < -0.39 is 0 Å². The third-order valence-corrected chi connectivity index (χ3v) is 5.02. The first-order valence-electron chi connectivity index (χ1n) is 9.03. The Labute approximate surface area is 148 Å². The molecule has 2 aliphatic rings. The highest BCUT2D eigenvalue weighted by Gasteiger charge is 2.25. The molecule has 4 rings (SSSR count). The molecule has 2 aromatic carbocycles. The van der Waals surface area contributed by atoms with Crippen LogP contribution in [0.5, 0.6) is 5.75 Å². The van der Waals surface area contributed by atoms with Crippen LogP contribution in [0.4, 0.5) is 0 Å². The lowest BCUT2D eigenvalue weighted by Crippen LogP contribution is -2.28. The van der Waals surface area contributed by atoms with Crippen LogP contribution >= 0.6 is 0 Å². The zero-order valence-electron chi connectivity index (χ0n) is 14.2. The van der Waals surface area contributed by atoms with E-state index in [1.165, 1.54) is 11.1 Å². The quantitative estimate of drug-likeness (QED) is 0.906. The number of fused-ring (bicyclic) bond motifs is 1. The number of nitrogens with one attached hydrogen (secondary N) is 1. The SMILES string of the molecule is O=C(N[C@@H]1CCc2ccccc21)c1ccccc1OC[C@@H]1CCCO1. The molecule has 0 radical (unpaired) electrons. The van der Waals surface area contributed by atoms with E-state index >= 15 is 0 Å². The smallest absolute Gasteiger partial charge is 0.255 e. The van der Waals surface area contributed by atoms with Crippen LogP contribution in [-0.2, 0) is 11.2 Å². The summed E-state index contributed by atoms with van der Waals surface area (Å²) in [7, 11) is 0. The van der Waals surface area contributed by atoms with Gasteiger partial charge in [-0.15, -0.1) is 0 Å². The highest BCUT2D eigenvalue weighted by molar-refractivity contribution is 5.97. The number of hydrogen-bond acceptors (Lipinski definition) is 3. The maximum Gasteiger partial charge on any atom is 0.255 e. The topological polar surface area (TPSA) is 47.6 Å². The molecule has 1 amide bonds. The van der Waals surface area contributed by atoms with Gasteiger partial charge in [-0.1, -0.05) is 36.4 Å². The summed E-state index contributed by atoms with van der Waals surface area (Å²) in [6.07, 6.45) is 4.20. The molecule has 1 aliphatic heterocycles. The van der Waals surface area contributed by atoms with Gasteiger partial charge in [0.1, 0.15) is 12.4 Å². The maximum absolute atomic E-state index is 12.8. The summed E-state index contributed by atoms with van der Waals surface area (Å²) in [5, 5.41) is 3.17. The van der Waals surface area contributed by atoms with E-state index in [0.29, 0.717) is 17.9 Å². The monoisotopic (exact) mass is 337 g/mol. The summed E-state index contributed by atoms with van der Waals surface area (Å²) in [5.74, 6) is 0.548. The Morgan fingerprint density at radius 1 is 1.12 bits per heavy atom. The van der Waals surface area contributed by atoms with Crippen molar-refractivity contribution in [2.24, 2.45) is 0 Å². The molecule has 0 saturated carbocycles. The molecule has 130 valence electrons. The summed E-state index contributed by atoms with van der Waals surface area (Å²) in [6, 6.07) is 15.8. The van der Waals surface area contributed by atoms with Crippen LogP contribution in [0.15, 0.2) is 48.5 Å². The van der Waals surface area contributed by atoms with E-state index in [1.54, 1.807) is 0 Å². The summed E-state index contributed by atoms with van der Waals surface area (Å²) < 4.78 is 11.5. The van der Waals surface area contributed by atoms with Crippen LogP contribution in [0.2, 0.25) is 0 Å². The normalized spacial score (nSPS) is 21.8. The number of para-hydroxylation sites is 1. The summed E-state index contributed by atoms with van der Waals surface area (Å²) in [6.45, 7) is 1.30. The Bertz CT molecular complexity index is 752. The number of hydrogen-bond donors (Lipinski definition) is 1. The molecule has 25 heavy (non-hydrogen) atoms. The summed E-state index contributed by atoms with van der Waals surface area (Å²) in [4.78, 5) is 12.8. The van der Waals surface area contributed by atoms with E-state index in [4.69, 9.17) is 9.47 Å². The minimum absolute atomic E-state index is 0.0786. The van der Waals surface area contributed by atoms with Gasteiger partial charge in [0.2, 0.25) is 0 Å². The van der Waals surface area contributed by atoms with Gasteiger partial charge in [0.05, 0.1) is 17.7 Å². The van der Waals surface area contributed by atoms with E-state index in [2.05, 4.69) is 23.5 Å². The number of benzene rings is 2. The molecule has 1 aliphatic carbocycles. The van der Waals surface area contributed by atoms with Crippen LogP contribution in [-0.4, -0.2) is 25.2 Å². The van der Waals surface area contributed by atoms with Crippen molar-refractivity contribution in [3.05, 3.63) is 65.2 Å². The predicted octanol–water partition coefficient (Wildman–Crippen LogP) is 3.66. The number of aryl methyl sites for hydroxylation is 1. The van der Waals surface area contributed by atoms with Crippen molar-refractivity contribution in [1.82, 2.24) is 5.32 Å². The van der Waals surface area contributed by atoms with E-state index in [-0.39, 0.29) is 18.1 Å². The van der Waals surface area contributed by atoms with Crippen molar-refractivity contribution < 1.29 is 14.3 Å². The van der Waals surface area contributed by atoms with Crippen LogP contribution in [0.1, 0.15) is 46.8 Å². The second kappa shape index (κ2) is 7.28. The van der Waals surface area contributed by atoms with Crippen molar-refractivity contribution >= 4 is 5.91 Å². The van der Waals surface area contributed by atoms with E-state index in [9.17, 15) is 4.79 Å². The summed E-state index contributed by atoms with van der Waals surface area (Å²) in [5.41, 5.74) is 3.15. The average Bonchev–Trinajstić information content (AvgIpc) is 3.30. The lowest BCUT2D eigenvalue weighted by molar-refractivity contribution is 0.0670. The Balaban J connectivity index is 1.45. The zero-order chi connectivity index (χ0) is 17.1. The number of rotatable bonds is 5. The first-order valence-corrected chi connectivity index (χ1v) is 9.03. The molecule has 1 saturated heterocycles. The average molecular weight is 337 g/mol. The third-order valence-electron chi connectivity index (χ3n) is 5.02. The molecular weight excluding hydrogens is 314 g/mol. The second-order valence-electron chi connectivity index (χ2n) is 6.71. The van der Waals surface area contributed by atoms with Crippen molar-refractivity contribution in [2.45, 2.75) is 37.8 Å². The number of carbonyl (C=O) groups is 1. The fraction of sp³-hybridized carbons (Fsp3) is 0.381. The van der Waals surface area contributed by atoms with E-state index in [0.717, 1.165) is 32.3 Å². The van der Waals surface area contributed by atoms with Crippen LogP contribution in [0.3, 0.4) is 0 Å². The summed E-state index contributed by atoms with van der Waals surface area (Å²) >= 11 is 0. The minimum atomic E-state index is -0.0790. The molecule has 4 heteroatoms. The first-order chi connectivity index (χ1) is 12.3. The van der Waals surface area contributed by atoms with Crippen LogP contribution < -0.4 is 10.1 Å². The molecule has 1 heterocycles. The number of amides is 1. The standard InChI is InChI=1S/C21H23NO3/c23-21(22-19-12-11-15-6-1-2-8-17(15)19)18-9-3-4-10-20(18)25-14-16-7-5-13-24-16/h1-4,6,8-10,16,19H,5,7,11-14H2,(H,22,23)/t16-,19+/m0/s1. The molecule has 0 aromatic heterocycles. The molecule has 1 fully saturated rings. The van der Waals surface area contributed by atoms with Crippen LogP contribution in [0.25, 0.3) is 0 Å². The molecule has 2 atom stereocenters. The highest BCUT2D eigenvalue weighted by atomic mass is 16.5. The lowest BCUT2D eigenvalue weighted by Gasteiger charge is -2.17. The van der Waals surface area contributed by atoms with Crippen molar-refractivity contribution in [2.75, 3.05) is 13.2 Å². The van der Waals surface area contributed by atoms with Crippen molar-refractivity contribution in [1.29, 1.82) is 0 Å². The van der Waals surface area contributed by atoms with Crippen LogP contribution in [0, 0.1) is 0 Å². The number of carbonyl (C=O) groups excluding carboxylic acids is 1. The Kier molecular flexibility index (Phi) is 4.70. The number of ether oxygens (including phenoxy) is 2. The zero-order valence-corrected chi connectivity index (χ0v) is 14.2. The van der Waals surface area contributed by atoms with Gasteiger partial charge >= 0.3 is 0 Å². The van der Waals surface area contributed by atoms with E-state index in [1.807, 2.05) is 30.3 Å². The van der Waals surface area contributed by atoms with Gasteiger partial charge < -0.3 is 14.8 Å². The molecule has 4 nitrogen and oxygen atoms in total. The fourth-order valence-electron chi connectivity index (χ4n) is 3.68. The molecular formula is C21H23NO3. The van der Waals surface area contributed by atoms with Crippen molar-refractivity contribution in [3.63, 3.8) is 0 Å². The van der Waals surface area contributed by atoms with Gasteiger partial charge in [-0.05, 0) is 48.9 Å². The maximum atomic E-state index is 12.8. The molecule has 1 N–H and O–H groups in total. The molecule has 0 unspecified atom stereocenters. The predicted molar refractivity (Wildman–Crippen MR) is 95.9 cm³/mol. The molecule has 0 spiro atoms. The third kappa shape index (κ3) is 3.54. The lowest BCUT2D eigenvalue weighted by atomic mass is 10.1.